The highest BCUT2D eigenvalue weighted by molar-refractivity contribution is 5.89. The molecule has 1 aromatic carbocycles. The zero-order chi connectivity index (χ0) is 10.8. The Labute approximate surface area is 85.8 Å². The maximum absolute atomic E-state index is 10.6. The van der Waals surface area contributed by atoms with Crippen molar-refractivity contribution >= 4 is 16.9 Å². The number of phenolic OH excluding ortho intramolecular Hbond substituents is 1. The summed E-state index contributed by atoms with van der Waals surface area (Å²) in [7, 11) is 0. The maximum Gasteiger partial charge on any atom is 0.307 e. The van der Waals surface area contributed by atoms with Crippen LogP contribution >= 0.6 is 0 Å². The second kappa shape index (κ2) is 3.57. The molecule has 76 valence electrons. The van der Waals surface area contributed by atoms with Crippen LogP contribution in [-0.4, -0.2) is 21.2 Å². The van der Waals surface area contributed by atoms with Gasteiger partial charge in [0.2, 0.25) is 0 Å². The van der Waals surface area contributed by atoms with Crippen molar-refractivity contribution in [3.8, 4) is 5.75 Å². The van der Waals surface area contributed by atoms with Crippen molar-refractivity contribution in [2.45, 2.75) is 6.42 Å². The normalized spacial score (nSPS) is 10.4. The molecular weight excluding hydrogens is 194 g/mol. The third-order valence-electron chi connectivity index (χ3n) is 2.18. The van der Waals surface area contributed by atoms with E-state index in [0.29, 0.717) is 16.5 Å². The van der Waals surface area contributed by atoms with Gasteiger partial charge in [-0.05, 0) is 17.7 Å². The van der Waals surface area contributed by atoms with Gasteiger partial charge in [-0.2, -0.15) is 0 Å². The molecule has 0 amide bonds. The lowest BCUT2D eigenvalue weighted by molar-refractivity contribution is -0.136. The molecule has 15 heavy (non-hydrogen) atoms. The molecule has 2 aromatic rings. The fourth-order valence-corrected chi connectivity index (χ4v) is 1.53. The van der Waals surface area contributed by atoms with Gasteiger partial charge < -0.3 is 10.2 Å². The Kier molecular flexibility index (Phi) is 2.25. The largest absolute Gasteiger partial charge is 0.506 e. The van der Waals surface area contributed by atoms with Gasteiger partial charge in [-0.1, -0.05) is 12.1 Å². The summed E-state index contributed by atoms with van der Waals surface area (Å²) in [5, 5.41) is 18.9. The molecule has 0 aliphatic rings. The Morgan fingerprint density at radius 1 is 1.33 bits per heavy atom. The Hall–Kier alpha value is -2.10. The number of aromatic hydroxyl groups is 1. The standard InChI is InChI=1S/C11H9NO3/c13-9-4-3-7(6-10(14)15)8-2-1-5-12-11(8)9/h1-5,13H,6H2,(H,14,15). The average molecular weight is 203 g/mol. The summed E-state index contributed by atoms with van der Waals surface area (Å²) in [5.41, 5.74) is 1.10. The summed E-state index contributed by atoms with van der Waals surface area (Å²) in [5.74, 6) is -0.828. The van der Waals surface area contributed by atoms with Crippen molar-refractivity contribution in [2.75, 3.05) is 0 Å². The number of nitrogens with zero attached hydrogens (tertiary/aromatic N) is 1. The van der Waals surface area contributed by atoms with Crippen LogP contribution in [0.15, 0.2) is 30.5 Å². The second-order valence-electron chi connectivity index (χ2n) is 3.21. The number of carboxylic acid groups (broad SMARTS) is 1. The summed E-state index contributed by atoms with van der Waals surface area (Å²) in [4.78, 5) is 14.6. The summed E-state index contributed by atoms with van der Waals surface area (Å²) in [6.45, 7) is 0. The predicted octanol–water partition coefficient (Wildman–Crippen LogP) is 1.57. The zero-order valence-electron chi connectivity index (χ0n) is 7.84. The number of phenols is 1. The van der Waals surface area contributed by atoms with Crippen LogP contribution in [0.5, 0.6) is 5.75 Å². The van der Waals surface area contributed by atoms with E-state index in [1.54, 1.807) is 24.4 Å². The zero-order valence-corrected chi connectivity index (χ0v) is 7.84. The highest BCUT2D eigenvalue weighted by Crippen LogP contribution is 2.25. The number of rotatable bonds is 2. The quantitative estimate of drug-likeness (QED) is 0.777. The van der Waals surface area contributed by atoms with Crippen LogP contribution in [0.2, 0.25) is 0 Å². The fourth-order valence-electron chi connectivity index (χ4n) is 1.53. The summed E-state index contributed by atoms with van der Waals surface area (Å²) in [6, 6.07) is 6.54. The first kappa shape index (κ1) is 9.45. The number of aliphatic carboxylic acids is 1. The fraction of sp³-hybridized carbons (Fsp3) is 0.0909. The van der Waals surface area contributed by atoms with Crippen molar-refractivity contribution < 1.29 is 15.0 Å². The average Bonchev–Trinajstić information content (AvgIpc) is 2.22. The molecular formula is C11H9NO3. The van der Waals surface area contributed by atoms with E-state index in [1.807, 2.05) is 0 Å². The topological polar surface area (TPSA) is 70.4 Å². The minimum atomic E-state index is -0.897. The van der Waals surface area contributed by atoms with E-state index >= 15 is 0 Å². The molecule has 1 aromatic heterocycles. The number of carboxylic acids is 1. The van der Waals surface area contributed by atoms with Gasteiger partial charge in [0.15, 0.2) is 0 Å². The first-order valence-electron chi connectivity index (χ1n) is 4.46. The van der Waals surface area contributed by atoms with Crippen LogP contribution in [0, 0.1) is 0 Å². The number of benzene rings is 1. The Bertz CT molecular complexity index is 522. The van der Waals surface area contributed by atoms with Crippen molar-refractivity contribution in [1.82, 2.24) is 4.98 Å². The smallest absolute Gasteiger partial charge is 0.307 e. The number of carbonyl (C=O) groups is 1. The van der Waals surface area contributed by atoms with E-state index in [4.69, 9.17) is 5.11 Å². The molecule has 2 rings (SSSR count). The van der Waals surface area contributed by atoms with Crippen LogP contribution in [0.1, 0.15) is 5.56 Å². The van der Waals surface area contributed by atoms with Gasteiger partial charge in [-0.25, -0.2) is 0 Å². The van der Waals surface area contributed by atoms with Crippen molar-refractivity contribution in [3.05, 3.63) is 36.0 Å². The molecule has 0 radical (unpaired) electrons. The molecule has 0 aliphatic carbocycles. The molecule has 0 atom stereocenters. The third kappa shape index (κ3) is 1.74. The van der Waals surface area contributed by atoms with Gasteiger partial charge in [-0.3, -0.25) is 9.78 Å². The predicted molar refractivity (Wildman–Crippen MR) is 54.7 cm³/mol. The van der Waals surface area contributed by atoms with E-state index in [-0.39, 0.29) is 12.2 Å². The monoisotopic (exact) mass is 203 g/mol. The lowest BCUT2D eigenvalue weighted by Crippen LogP contribution is -2.00. The van der Waals surface area contributed by atoms with Crippen LogP contribution in [-0.2, 0) is 11.2 Å². The van der Waals surface area contributed by atoms with Crippen LogP contribution in [0.25, 0.3) is 10.9 Å². The maximum atomic E-state index is 10.6. The molecule has 1 heterocycles. The summed E-state index contributed by atoms with van der Waals surface area (Å²) in [6.07, 6.45) is 1.50. The van der Waals surface area contributed by atoms with Crippen molar-refractivity contribution in [1.29, 1.82) is 0 Å². The molecule has 0 saturated carbocycles. The Morgan fingerprint density at radius 2 is 2.13 bits per heavy atom. The number of aromatic nitrogens is 1. The molecule has 0 unspecified atom stereocenters. The van der Waals surface area contributed by atoms with E-state index in [2.05, 4.69) is 4.98 Å². The molecule has 0 fully saturated rings. The van der Waals surface area contributed by atoms with Crippen LogP contribution < -0.4 is 0 Å². The molecule has 4 nitrogen and oxygen atoms in total. The van der Waals surface area contributed by atoms with Crippen molar-refractivity contribution in [3.63, 3.8) is 0 Å². The van der Waals surface area contributed by atoms with E-state index in [1.165, 1.54) is 6.07 Å². The van der Waals surface area contributed by atoms with E-state index in [9.17, 15) is 9.90 Å². The lowest BCUT2D eigenvalue weighted by Gasteiger charge is -2.04. The van der Waals surface area contributed by atoms with E-state index in [0.717, 1.165) is 0 Å². The van der Waals surface area contributed by atoms with Gasteiger partial charge in [0.05, 0.1) is 6.42 Å². The molecule has 2 N–H and O–H groups in total. The van der Waals surface area contributed by atoms with Gasteiger partial charge in [0.1, 0.15) is 11.3 Å². The van der Waals surface area contributed by atoms with Crippen molar-refractivity contribution in [2.24, 2.45) is 0 Å². The SMILES string of the molecule is O=C(O)Cc1ccc(O)c2ncccc12. The first-order valence-corrected chi connectivity index (χ1v) is 4.46. The van der Waals surface area contributed by atoms with Crippen LogP contribution in [0.4, 0.5) is 0 Å². The lowest BCUT2D eigenvalue weighted by atomic mass is 10.1. The summed E-state index contributed by atoms with van der Waals surface area (Å²) >= 11 is 0. The van der Waals surface area contributed by atoms with Crippen LogP contribution in [0.3, 0.4) is 0 Å². The van der Waals surface area contributed by atoms with Gasteiger partial charge >= 0.3 is 5.97 Å². The Morgan fingerprint density at radius 3 is 2.87 bits per heavy atom. The molecule has 0 spiro atoms. The van der Waals surface area contributed by atoms with Gasteiger partial charge in [0, 0.05) is 11.6 Å². The molecule has 4 heteroatoms. The minimum absolute atomic E-state index is 0.0670. The first-order chi connectivity index (χ1) is 7.18. The number of fused-ring (bicyclic) bond motifs is 1. The van der Waals surface area contributed by atoms with Gasteiger partial charge in [0.25, 0.3) is 0 Å². The molecule has 0 aliphatic heterocycles. The van der Waals surface area contributed by atoms with E-state index < -0.39 is 5.97 Å². The number of pyridine rings is 1. The molecule has 0 saturated heterocycles. The minimum Gasteiger partial charge on any atom is -0.506 e. The second-order valence-corrected chi connectivity index (χ2v) is 3.21. The highest BCUT2D eigenvalue weighted by Gasteiger charge is 2.08. The molecule has 0 bridgehead atoms. The third-order valence-corrected chi connectivity index (χ3v) is 2.18. The highest BCUT2D eigenvalue weighted by atomic mass is 16.4. The number of hydrogen-bond acceptors (Lipinski definition) is 3. The Balaban J connectivity index is 2.66. The summed E-state index contributed by atoms with van der Waals surface area (Å²) < 4.78 is 0. The van der Waals surface area contributed by atoms with Gasteiger partial charge in [-0.15, -0.1) is 0 Å². The number of hydrogen-bond donors (Lipinski definition) is 2.